The Kier molecular flexibility index (Phi) is 5.70. The summed E-state index contributed by atoms with van der Waals surface area (Å²) in [5, 5.41) is 20.0. The summed E-state index contributed by atoms with van der Waals surface area (Å²) >= 11 is 0. The lowest BCUT2D eigenvalue weighted by atomic mass is 11.7. The van der Waals surface area contributed by atoms with Crippen LogP contribution >= 0.6 is 0 Å². The number of hydrogen-bond acceptors (Lipinski definition) is 7. The van der Waals surface area contributed by atoms with Gasteiger partial charge in [-0.15, -0.1) is 0 Å². The molecular formula is CH2O7. The molecule has 7 heteroatoms. The molecule has 0 aromatic heterocycles. The van der Waals surface area contributed by atoms with E-state index in [2.05, 4.69) is 25.0 Å². The molecule has 0 rings (SSSR count). The minimum Gasteiger partial charge on any atom is -0.270 e. The first kappa shape index (κ1) is 7.27. The Morgan fingerprint density at radius 2 is 2.00 bits per heavy atom. The quantitative estimate of drug-likeness (QED) is 0.227. The van der Waals surface area contributed by atoms with Crippen molar-refractivity contribution < 1.29 is 35.1 Å². The maximum atomic E-state index is 9.18. The highest BCUT2D eigenvalue weighted by molar-refractivity contribution is 5.35. The zero-order valence-corrected chi connectivity index (χ0v) is 3.47. The van der Waals surface area contributed by atoms with Crippen LogP contribution in [0.5, 0.6) is 0 Å². The Balaban J connectivity index is 2.62. The van der Waals surface area contributed by atoms with Crippen LogP contribution in [-0.4, -0.2) is 11.7 Å². The number of hydrogen-bond donors (Lipinski definition) is 1. The van der Waals surface area contributed by atoms with Gasteiger partial charge in [0.05, 0.1) is 0 Å². The van der Waals surface area contributed by atoms with Crippen LogP contribution in [0.15, 0.2) is 0 Å². The molecule has 8 heavy (non-hydrogen) atoms. The molecule has 0 aromatic carbocycles. The van der Waals surface area contributed by atoms with Crippen LogP contribution in [-0.2, 0) is 29.8 Å². The first-order valence-corrected chi connectivity index (χ1v) is 1.32. The fourth-order valence-corrected chi connectivity index (χ4v) is 0.0558. The number of carbonyl (C=O) groups excluding carboxylic acids is 1. The average Bonchev–Trinajstić information content (AvgIpc) is 1.81. The van der Waals surface area contributed by atoms with Crippen molar-refractivity contribution in [3.8, 4) is 0 Å². The fourth-order valence-electron chi connectivity index (χ4n) is 0.0558. The summed E-state index contributed by atoms with van der Waals surface area (Å²) in [6.07, 6.45) is 0. The summed E-state index contributed by atoms with van der Waals surface area (Å²) in [6.45, 7) is -0.0687. The SMILES string of the molecule is O=COOOOOO. The topological polar surface area (TPSA) is 83.5 Å². The van der Waals surface area contributed by atoms with Crippen molar-refractivity contribution in [1.29, 1.82) is 0 Å². The van der Waals surface area contributed by atoms with E-state index in [1.807, 2.05) is 0 Å². The fraction of sp³-hybridized carbons (Fsp3) is 0. The van der Waals surface area contributed by atoms with Crippen molar-refractivity contribution in [1.82, 2.24) is 0 Å². The van der Waals surface area contributed by atoms with Crippen LogP contribution in [0, 0.1) is 0 Å². The van der Waals surface area contributed by atoms with Gasteiger partial charge in [-0.2, -0.15) is 0 Å². The van der Waals surface area contributed by atoms with E-state index in [4.69, 9.17) is 5.26 Å². The molecule has 0 aromatic rings. The van der Waals surface area contributed by atoms with Crippen molar-refractivity contribution in [3.05, 3.63) is 0 Å². The molecule has 0 saturated carbocycles. The van der Waals surface area contributed by atoms with Gasteiger partial charge in [-0.05, 0) is 10.1 Å². The van der Waals surface area contributed by atoms with Crippen molar-refractivity contribution in [2.75, 3.05) is 0 Å². The zero-order chi connectivity index (χ0) is 6.24. The lowest BCUT2D eigenvalue weighted by Crippen LogP contribution is -1.95. The molecule has 0 aliphatic carbocycles. The molecule has 0 aliphatic rings. The lowest BCUT2D eigenvalue weighted by Gasteiger charge is -1.89. The predicted molar refractivity (Wildman–Crippen MR) is 14.1 cm³/mol. The zero-order valence-electron chi connectivity index (χ0n) is 3.47. The van der Waals surface area contributed by atoms with Crippen LogP contribution in [0.3, 0.4) is 0 Å². The number of rotatable bonds is 5. The highest BCUT2D eigenvalue weighted by Crippen LogP contribution is 1.78. The van der Waals surface area contributed by atoms with Gasteiger partial charge in [-0.3, -0.25) is 9.68 Å². The molecule has 0 unspecified atom stereocenters. The Bertz CT molecular complexity index is 50.3. The maximum Gasteiger partial charge on any atom is 0.334 e. The van der Waals surface area contributed by atoms with E-state index >= 15 is 0 Å². The van der Waals surface area contributed by atoms with Crippen LogP contribution in [0.4, 0.5) is 0 Å². The summed E-state index contributed by atoms with van der Waals surface area (Å²) < 4.78 is 0. The second kappa shape index (κ2) is 6.27. The highest BCUT2D eigenvalue weighted by atomic mass is 17.8. The van der Waals surface area contributed by atoms with E-state index < -0.39 is 0 Å². The molecule has 0 spiro atoms. The van der Waals surface area contributed by atoms with Crippen LogP contribution in [0.2, 0.25) is 0 Å². The minimum absolute atomic E-state index is 0.0687. The van der Waals surface area contributed by atoms with E-state index in [-0.39, 0.29) is 6.47 Å². The Morgan fingerprint density at radius 1 is 1.25 bits per heavy atom. The monoisotopic (exact) mass is 126 g/mol. The number of carbonyl (C=O) groups is 1. The normalized spacial score (nSPS) is 8.62. The predicted octanol–water partition coefficient (Wildman–Crippen LogP) is -0.641. The largest absolute Gasteiger partial charge is 0.334 e. The molecule has 0 aliphatic heterocycles. The highest BCUT2D eigenvalue weighted by Gasteiger charge is 1.84. The first-order chi connectivity index (χ1) is 3.91. The van der Waals surface area contributed by atoms with Gasteiger partial charge in [0.15, 0.2) is 0 Å². The van der Waals surface area contributed by atoms with Crippen molar-refractivity contribution >= 4 is 6.47 Å². The van der Waals surface area contributed by atoms with Gasteiger partial charge in [0.25, 0.3) is 0 Å². The van der Waals surface area contributed by atoms with Gasteiger partial charge in [0.2, 0.25) is 0 Å². The van der Waals surface area contributed by atoms with Gasteiger partial charge >= 0.3 is 6.47 Å². The summed E-state index contributed by atoms with van der Waals surface area (Å²) in [5.74, 6) is 0. The maximum absolute atomic E-state index is 9.18. The standard InChI is InChI=1S/CH2O7/c2-1-4-6-8-7-5-3/h1,3H. The molecule has 7 nitrogen and oxygen atoms in total. The smallest absolute Gasteiger partial charge is 0.270 e. The van der Waals surface area contributed by atoms with Crippen molar-refractivity contribution in [2.24, 2.45) is 0 Å². The summed E-state index contributed by atoms with van der Waals surface area (Å²) in [7, 11) is 0. The molecule has 1 N–H and O–H groups in total. The van der Waals surface area contributed by atoms with E-state index in [1.165, 1.54) is 0 Å². The van der Waals surface area contributed by atoms with Gasteiger partial charge in [0, 0.05) is 10.1 Å². The molecule has 48 valence electrons. The second-order valence-corrected chi connectivity index (χ2v) is 0.471. The van der Waals surface area contributed by atoms with E-state index in [1.54, 1.807) is 0 Å². The third-order valence-corrected chi connectivity index (χ3v) is 0.165. The second-order valence-electron chi connectivity index (χ2n) is 0.471. The molecular weight excluding hydrogens is 124 g/mol. The summed E-state index contributed by atoms with van der Waals surface area (Å²) in [5.41, 5.74) is 0. The van der Waals surface area contributed by atoms with Gasteiger partial charge in [-0.1, -0.05) is 0 Å². The minimum atomic E-state index is -0.0687. The molecule has 0 fully saturated rings. The summed E-state index contributed by atoms with van der Waals surface area (Å²) in [4.78, 5) is 12.6. The molecule has 0 heterocycles. The van der Waals surface area contributed by atoms with Crippen molar-refractivity contribution in [3.63, 3.8) is 0 Å². The molecule has 0 saturated heterocycles. The summed E-state index contributed by atoms with van der Waals surface area (Å²) in [6, 6.07) is 0. The molecule has 0 amide bonds. The third-order valence-electron chi connectivity index (χ3n) is 0.165. The Morgan fingerprint density at radius 3 is 2.50 bits per heavy atom. The average molecular weight is 126 g/mol. The van der Waals surface area contributed by atoms with E-state index in [0.717, 1.165) is 0 Å². The Labute approximate surface area is 42.9 Å². The Hall–Kier alpha value is -0.730. The molecule has 0 bridgehead atoms. The van der Waals surface area contributed by atoms with Crippen LogP contribution in [0.1, 0.15) is 0 Å². The van der Waals surface area contributed by atoms with Gasteiger partial charge in [0.1, 0.15) is 0 Å². The first-order valence-electron chi connectivity index (χ1n) is 1.32. The van der Waals surface area contributed by atoms with Crippen LogP contribution in [0.25, 0.3) is 0 Å². The third kappa shape index (κ3) is 5.27. The lowest BCUT2D eigenvalue weighted by molar-refractivity contribution is -0.744. The van der Waals surface area contributed by atoms with Gasteiger partial charge < -0.3 is 0 Å². The molecule has 0 atom stereocenters. The van der Waals surface area contributed by atoms with E-state index in [9.17, 15) is 4.79 Å². The molecule has 0 radical (unpaired) electrons. The van der Waals surface area contributed by atoms with Crippen LogP contribution < -0.4 is 0 Å². The van der Waals surface area contributed by atoms with E-state index in [0.29, 0.717) is 0 Å². The van der Waals surface area contributed by atoms with Gasteiger partial charge in [-0.25, -0.2) is 5.26 Å². The van der Waals surface area contributed by atoms with Crippen molar-refractivity contribution in [2.45, 2.75) is 0 Å².